The molecule has 0 spiro atoms. The first-order chi connectivity index (χ1) is 8.28. The van der Waals surface area contributed by atoms with Crippen molar-refractivity contribution < 1.29 is 17.2 Å². The van der Waals surface area contributed by atoms with Gasteiger partial charge in [-0.25, -0.2) is 17.2 Å². The lowest BCUT2D eigenvalue weighted by Crippen LogP contribution is -2.31. The summed E-state index contributed by atoms with van der Waals surface area (Å²) in [5, 5.41) is 0. The molecule has 1 aromatic rings. The van der Waals surface area contributed by atoms with Gasteiger partial charge in [-0.05, 0) is 33.6 Å². The van der Waals surface area contributed by atoms with Crippen LogP contribution in [0.15, 0.2) is 27.6 Å². The van der Waals surface area contributed by atoms with Gasteiger partial charge in [0.05, 0.1) is 11.4 Å². The van der Waals surface area contributed by atoms with Gasteiger partial charge in [0.25, 0.3) is 6.43 Å². The smallest absolute Gasteiger partial charge is 0.209 e. The molecule has 1 rings (SSSR count). The van der Waals surface area contributed by atoms with E-state index in [0.717, 1.165) is 12.6 Å². The highest BCUT2D eigenvalue weighted by Crippen LogP contribution is 2.26. The Morgan fingerprint density at radius 2 is 2.06 bits per heavy atom. The van der Waals surface area contributed by atoms with Crippen LogP contribution in [0.4, 0.5) is 8.78 Å². The Morgan fingerprint density at radius 3 is 2.50 bits per heavy atom. The van der Waals surface area contributed by atoms with Crippen LogP contribution in [0, 0.1) is 0 Å². The topological polar surface area (TPSA) is 37.4 Å². The largest absolute Gasteiger partial charge is 0.252 e. The molecule has 0 heterocycles. The minimum atomic E-state index is -3.93. The van der Waals surface area contributed by atoms with Crippen LogP contribution in [0.2, 0.25) is 0 Å². The van der Waals surface area contributed by atoms with E-state index in [-0.39, 0.29) is 10.8 Å². The number of nitrogens with zero attached hydrogens (tertiary/aromatic N) is 1. The van der Waals surface area contributed by atoms with Gasteiger partial charge >= 0.3 is 0 Å². The number of sulfonamides is 1. The Hall–Kier alpha value is -0.240. The quantitative estimate of drug-likeness (QED) is 0.755. The normalized spacial score (nSPS) is 12.4. The molecule has 0 unspecified atom stereocenters. The highest BCUT2D eigenvalue weighted by Gasteiger charge is 2.25. The van der Waals surface area contributed by atoms with Crippen molar-refractivity contribution in [2.45, 2.75) is 17.2 Å². The summed E-state index contributed by atoms with van der Waals surface area (Å²) in [7, 11) is -2.81. The van der Waals surface area contributed by atoms with E-state index < -0.39 is 23.0 Å². The van der Waals surface area contributed by atoms with Crippen molar-refractivity contribution in [2.75, 3.05) is 13.6 Å². The van der Waals surface area contributed by atoms with Crippen LogP contribution in [-0.2, 0) is 15.9 Å². The number of hydrogen-bond donors (Lipinski definition) is 0. The van der Waals surface area contributed by atoms with Crippen LogP contribution >= 0.6 is 27.5 Å². The summed E-state index contributed by atoms with van der Waals surface area (Å²) in [6.07, 6.45) is -2.72. The van der Waals surface area contributed by atoms with Crippen molar-refractivity contribution >= 4 is 37.6 Å². The van der Waals surface area contributed by atoms with Gasteiger partial charge in [0, 0.05) is 17.4 Å². The molecule has 0 aromatic heterocycles. The number of alkyl halides is 3. The Balaban J connectivity index is 3.12. The molecular weight excluding hydrogens is 352 g/mol. The average Bonchev–Trinajstić information content (AvgIpc) is 2.27. The monoisotopic (exact) mass is 361 g/mol. The van der Waals surface area contributed by atoms with E-state index >= 15 is 0 Å². The average molecular weight is 363 g/mol. The number of hydrogen-bond acceptors (Lipinski definition) is 2. The molecule has 0 aliphatic rings. The van der Waals surface area contributed by atoms with E-state index in [9.17, 15) is 17.2 Å². The second kappa shape index (κ2) is 6.27. The molecular formula is C10H11BrClF2NO2S. The lowest BCUT2D eigenvalue weighted by atomic mass is 10.2. The molecule has 0 radical (unpaired) electrons. The van der Waals surface area contributed by atoms with Gasteiger partial charge in [-0.1, -0.05) is 6.07 Å². The molecule has 0 N–H and O–H groups in total. The fourth-order valence-electron chi connectivity index (χ4n) is 1.30. The van der Waals surface area contributed by atoms with Gasteiger partial charge < -0.3 is 0 Å². The third-order valence-corrected chi connectivity index (χ3v) is 5.34. The summed E-state index contributed by atoms with van der Waals surface area (Å²) in [6.45, 7) is -0.841. The summed E-state index contributed by atoms with van der Waals surface area (Å²) < 4.78 is 49.4. The molecule has 0 saturated carbocycles. The van der Waals surface area contributed by atoms with E-state index in [1.54, 1.807) is 12.1 Å². The van der Waals surface area contributed by atoms with Crippen molar-refractivity contribution in [2.24, 2.45) is 0 Å². The van der Waals surface area contributed by atoms with Gasteiger partial charge in [0.2, 0.25) is 10.0 Å². The second-order valence-electron chi connectivity index (χ2n) is 3.58. The lowest BCUT2D eigenvalue weighted by molar-refractivity contribution is 0.126. The third kappa shape index (κ3) is 3.63. The van der Waals surface area contributed by atoms with E-state index in [1.807, 2.05) is 0 Å². The molecule has 0 amide bonds. The highest BCUT2D eigenvalue weighted by atomic mass is 79.9. The Kier molecular flexibility index (Phi) is 5.51. The van der Waals surface area contributed by atoms with Crippen molar-refractivity contribution in [3.63, 3.8) is 0 Å². The zero-order chi connectivity index (χ0) is 13.9. The molecule has 0 fully saturated rings. The van der Waals surface area contributed by atoms with Crippen LogP contribution in [0.3, 0.4) is 0 Å². The van der Waals surface area contributed by atoms with Crippen LogP contribution < -0.4 is 0 Å². The van der Waals surface area contributed by atoms with Gasteiger partial charge in [0.15, 0.2) is 0 Å². The molecule has 0 bridgehead atoms. The Labute approximate surface area is 118 Å². The van der Waals surface area contributed by atoms with Crippen LogP contribution in [0.25, 0.3) is 0 Å². The molecule has 18 heavy (non-hydrogen) atoms. The first-order valence-electron chi connectivity index (χ1n) is 4.88. The molecule has 0 atom stereocenters. The van der Waals surface area contributed by atoms with Gasteiger partial charge in [0.1, 0.15) is 0 Å². The number of rotatable bonds is 5. The minimum absolute atomic E-state index is 0.0560. The summed E-state index contributed by atoms with van der Waals surface area (Å²) in [4.78, 5) is -0.0560. The fourth-order valence-corrected chi connectivity index (χ4v) is 3.69. The van der Waals surface area contributed by atoms with Crippen molar-refractivity contribution in [3.05, 3.63) is 28.2 Å². The van der Waals surface area contributed by atoms with Crippen LogP contribution in [0.1, 0.15) is 5.56 Å². The fraction of sp³-hybridized carbons (Fsp3) is 0.400. The molecule has 0 saturated heterocycles. The Morgan fingerprint density at radius 1 is 1.44 bits per heavy atom. The van der Waals surface area contributed by atoms with Gasteiger partial charge in [-0.15, -0.1) is 11.6 Å². The van der Waals surface area contributed by atoms with E-state index in [4.69, 9.17) is 11.6 Å². The SMILES string of the molecule is CN(CC(F)F)S(=O)(=O)c1ccc(CCl)cc1Br. The van der Waals surface area contributed by atoms with Gasteiger partial charge in [-0.2, -0.15) is 4.31 Å². The van der Waals surface area contributed by atoms with Crippen LogP contribution in [-0.4, -0.2) is 32.7 Å². The predicted octanol–water partition coefficient (Wildman–Crippen LogP) is 3.07. The highest BCUT2D eigenvalue weighted by molar-refractivity contribution is 9.10. The van der Waals surface area contributed by atoms with Gasteiger partial charge in [-0.3, -0.25) is 0 Å². The molecule has 0 aliphatic heterocycles. The van der Waals surface area contributed by atoms with E-state index in [2.05, 4.69) is 15.9 Å². The predicted molar refractivity (Wildman–Crippen MR) is 69.5 cm³/mol. The zero-order valence-electron chi connectivity index (χ0n) is 9.41. The van der Waals surface area contributed by atoms with E-state index in [0.29, 0.717) is 8.78 Å². The van der Waals surface area contributed by atoms with Crippen molar-refractivity contribution in [3.8, 4) is 0 Å². The molecule has 0 aliphatic carbocycles. The number of halogens is 4. The summed E-state index contributed by atoms with van der Waals surface area (Å²) >= 11 is 8.72. The van der Waals surface area contributed by atoms with E-state index in [1.165, 1.54) is 6.07 Å². The molecule has 3 nitrogen and oxygen atoms in total. The maximum absolute atomic E-state index is 12.2. The summed E-state index contributed by atoms with van der Waals surface area (Å²) in [5.74, 6) is 0.242. The minimum Gasteiger partial charge on any atom is -0.209 e. The lowest BCUT2D eigenvalue weighted by Gasteiger charge is -2.17. The second-order valence-corrected chi connectivity index (χ2v) is 6.71. The number of benzene rings is 1. The zero-order valence-corrected chi connectivity index (χ0v) is 12.6. The molecule has 8 heteroatoms. The maximum Gasteiger partial charge on any atom is 0.252 e. The maximum atomic E-state index is 12.2. The Bertz CT molecular complexity index is 525. The standard InChI is InChI=1S/C10H11BrClF2NO2S/c1-15(6-10(13)14)18(16,17)9-3-2-7(5-12)4-8(9)11/h2-4,10H,5-6H2,1H3. The van der Waals surface area contributed by atoms with Crippen LogP contribution in [0.5, 0.6) is 0 Å². The van der Waals surface area contributed by atoms with Crippen molar-refractivity contribution in [1.82, 2.24) is 4.31 Å². The summed E-state index contributed by atoms with van der Waals surface area (Å²) in [5.41, 5.74) is 0.735. The third-order valence-electron chi connectivity index (χ3n) is 2.23. The molecule has 102 valence electrons. The van der Waals surface area contributed by atoms with Crippen molar-refractivity contribution in [1.29, 1.82) is 0 Å². The first kappa shape index (κ1) is 15.8. The molecule has 1 aromatic carbocycles. The first-order valence-corrected chi connectivity index (χ1v) is 7.64. The summed E-state index contributed by atoms with van der Waals surface area (Å²) in [6, 6.07) is 4.44.